The normalized spacial score (nSPS) is 12.2. The summed E-state index contributed by atoms with van der Waals surface area (Å²) in [5, 5.41) is 1.53. The Morgan fingerprint density at radius 1 is 1.21 bits per heavy atom. The van der Waals surface area contributed by atoms with Crippen LogP contribution >= 0.6 is 0 Å². The van der Waals surface area contributed by atoms with Crippen LogP contribution in [0.3, 0.4) is 0 Å². The zero-order valence-electron chi connectivity index (χ0n) is 18.6. The fourth-order valence-electron chi connectivity index (χ4n) is 3.11. The summed E-state index contributed by atoms with van der Waals surface area (Å²) in [7, 11) is -1.40. The number of carbonyl (C=O) groups is 1. The molecule has 0 saturated carbocycles. The number of hydrogen-bond donors (Lipinski definition) is 2. The smallest absolute Gasteiger partial charge is 0.418 e. The van der Waals surface area contributed by atoms with Gasteiger partial charge < -0.3 is 25.1 Å². The molecule has 0 fully saturated rings. The van der Waals surface area contributed by atoms with Gasteiger partial charge in [0.1, 0.15) is 18.1 Å². The van der Waals surface area contributed by atoms with Gasteiger partial charge in [0.15, 0.2) is 17.4 Å². The van der Waals surface area contributed by atoms with Gasteiger partial charge in [-0.15, -0.1) is 0 Å². The number of primary amides is 1. The molecule has 2 amide bonds. The number of nitrogens with zero attached hydrogens (tertiary/aromatic N) is 2. The van der Waals surface area contributed by atoms with E-state index < -0.39 is 54.4 Å². The highest BCUT2D eigenvalue weighted by atomic mass is 28.3. The van der Waals surface area contributed by atoms with Gasteiger partial charge in [0.25, 0.3) is 0 Å². The molecule has 3 N–H and O–H groups in total. The average Bonchev–Trinajstić information content (AvgIpc) is 3.07. The second-order valence-corrected chi connectivity index (χ2v) is 14.3. The van der Waals surface area contributed by atoms with Crippen molar-refractivity contribution in [2.24, 2.45) is 5.73 Å². The fourth-order valence-corrected chi connectivity index (χ4v) is 3.86. The van der Waals surface area contributed by atoms with Crippen molar-refractivity contribution in [2.45, 2.75) is 38.6 Å². The van der Waals surface area contributed by atoms with E-state index in [1.807, 2.05) is 5.32 Å². The average molecular weight is 503 g/mol. The van der Waals surface area contributed by atoms with E-state index in [0.717, 1.165) is 36.6 Å². The second kappa shape index (κ2) is 9.58. The van der Waals surface area contributed by atoms with Crippen molar-refractivity contribution in [1.82, 2.24) is 9.55 Å². The topological polar surface area (TPSA) is 91.4 Å². The quantitative estimate of drug-likeness (QED) is 0.227. The summed E-state index contributed by atoms with van der Waals surface area (Å²) in [6.45, 7) is 6.61. The van der Waals surface area contributed by atoms with E-state index in [9.17, 15) is 26.7 Å². The van der Waals surface area contributed by atoms with Gasteiger partial charge in [0.2, 0.25) is 0 Å². The van der Waals surface area contributed by atoms with E-state index in [4.69, 9.17) is 15.2 Å². The summed E-state index contributed by atoms with van der Waals surface area (Å²) in [6, 6.07) is 2.29. The lowest BCUT2D eigenvalue weighted by molar-refractivity contribution is -0.136. The predicted octanol–water partition coefficient (Wildman–Crippen LogP) is 5.93. The molecule has 7 nitrogen and oxygen atoms in total. The number of nitrogens with one attached hydrogen (secondary N) is 1. The molecule has 2 heterocycles. The summed E-state index contributed by atoms with van der Waals surface area (Å²) in [6.07, 6.45) is -2.81. The lowest BCUT2D eigenvalue weighted by Crippen LogP contribution is -2.22. The Kier molecular flexibility index (Phi) is 7.17. The molecular weight excluding hydrogens is 479 g/mol. The minimum Gasteiger partial charge on any atom is -0.450 e. The molecule has 0 spiro atoms. The molecule has 1 aromatic carbocycles. The number of rotatable bonds is 8. The van der Waals surface area contributed by atoms with E-state index in [2.05, 4.69) is 24.6 Å². The minimum atomic E-state index is -4.80. The largest absolute Gasteiger partial charge is 0.450 e. The number of carbonyl (C=O) groups excluding carboxylic acids is 1. The van der Waals surface area contributed by atoms with Crippen molar-refractivity contribution in [3.8, 4) is 11.5 Å². The Morgan fingerprint density at radius 3 is 2.41 bits per heavy atom. The Bertz CT molecular complexity index is 1180. The van der Waals surface area contributed by atoms with Gasteiger partial charge in [0, 0.05) is 44.9 Å². The molecule has 3 aromatic rings. The molecule has 0 atom stereocenters. The van der Waals surface area contributed by atoms with Gasteiger partial charge in [0.05, 0.1) is 10.9 Å². The maximum absolute atomic E-state index is 14.5. The lowest BCUT2D eigenvalue weighted by atomic mass is 10.2. The van der Waals surface area contributed by atoms with Crippen molar-refractivity contribution in [1.29, 1.82) is 0 Å². The van der Waals surface area contributed by atoms with Crippen LogP contribution in [-0.2, 0) is 17.6 Å². The van der Waals surface area contributed by atoms with Crippen LogP contribution in [0.5, 0.6) is 11.5 Å². The molecule has 0 unspecified atom stereocenters. The maximum Gasteiger partial charge on any atom is 0.418 e. The van der Waals surface area contributed by atoms with Crippen molar-refractivity contribution in [2.75, 3.05) is 11.9 Å². The lowest BCUT2D eigenvalue weighted by Gasteiger charge is -2.15. The Morgan fingerprint density at radius 2 is 1.85 bits per heavy atom. The summed E-state index contributed by atoms with van der Waals surface area (Å²) in [5.74, 6) is -3.91. The van der Waals surface area contributed by atoms with Crippen molar-refractivity contribution >= 4 is 30.8 Å². The first-order valence-electron chi connectivity index (χ1n) is 10.1. The first-order valence-corrected chi connectivity index (χ1v) is 13.8. The minimum absolute atomic E-state index is 0.120. The molecular formula is C21H23F5N4O3Si. The third kappa shape index (κ3) is 6.02. The summed E-state index contributed by atoms with van der Waals surface area (Å²) < 4.78 is 82.3. The molecule has 0 aliphatic heterocycles. The third-order valence-corrected chi connectivity index (χ3v) is 6.43. The molecule has 0 aliphatic carbocycles. The van der Waals surface area contributed by atoms with E-state index in [-0.39, 0.29) is 18.1 Å². The van der Waals surface area contributed by atoms with Gasteiger partial charge in [-0.1, -0.05) is 19.6 Å². The van der Waals surface area contributed by atoms with Crippen LogP contribution in [0, 0.1) is 11.6 Å². The van der Waals surface area contributed by atoms with Gasteiger partial charge >= 0.3 is 12.2 Å². The molecule has 13 heteroatoms. The number of anilines is 1. The summed E-state index contributed by atoms with van der Waals surface area (Å²) in [4.78, 5) is 14.9. The first-order chi connectivity index (χ1) is 15.8. The van der Waals surface area contributed by atoms with Crippen LogP contribution in [-0.4, -0.2) is 30.3 Å². The molecule has 0 bridgehead atoms. The third-order valence-electron chi connectivity index (χ3n) is 4.73. The van der Waals surface area contributed by atoms with Gasteiger partial charge in [-0.05, 0) is 12.1 Å². The Balaban J connectivity index is 1.99. The van der Waals surface area contributed by atoms with Crippen molar-refractivity contribution in [3.63, 3.8) is 0 Å². The highest BCUT2D eigenvalue weighted by Crippen LogP contribution is 2.42. The van der Waals surface area contributed by atoms with Crippen LogP contribution in [0.15, 0.2) is 30.6 Å². The van der Waals surface area contributed by atoms with Gasteiger partial charge in [-0.3, -0.25) is 0 Å². The molecule has 2 aromatic heterocycles. The van der Waals surface area contributed by atoms with E-state index in [1.165, 1.54) is 4.57 Å². The van der Waals surface area contributed by atoms with E-state index in [0.29, 0.717) is 6.61 Å². The number of aromatic nitrogens is 2. The number of halogens is 5. The maximum atomic E-state index is 14.5. The summed E-state index contributed by atoms with van der Waals surface area (Å²) >= 11 is 0. The van der Waals surface area contributed by atoms with E-state index in [1.54, 1.807) is 0 Å². The van der Waals surface area contributed by atoms with Crippen LogP contribution < -0.4 is 15.8 Å². The van der Waals surface area contributed by atoms with Crippen LogP contribution in [0.1, 0.15) is 5.56 Å². The number of alkyl halides is 3. The number of amides is 2. The summed E-state index contributed by atoms with van der Waals surface area (Å²) in [5.41, 5.74) is 3.43. The van der Waals surface area contributed by atoms with Crippen LogP contribution in [0.25, 0.3) is 11.0 Å². The van der Waals surface area contributed by atoms with Gasteiger partial charge in [-0.2, -0.15) is 13.2 Å². The zero-order valence-corrected chi connectivity index (χ0v) is 19.6. The number of hydrogen-bond acceptors (Lipinski definition) is 4. The molecule has 0 radical (unpaired) electrons. The standard InChI is InChI=1S/C21H23F5N4O3Si/c1-34(2,3)7-6-32-11-30-10-13(21(24,25)26)17-16(4-5-28-19(17)30)33-18-14(22)8-12(9-15(18)23)29-20(27)31/h4-5,8-10H,6-7,11H2,1-3H3,(H3,27,29,31). The van der Waals surface area contributed by atoms with Crippen molar-refractivity contribution < 1.29 is 36.2 Å². The Labute approximate surface area is 192 Å². The number of pyridine rings is 1. The second-order valence-electron chi connectivity index (χ2n) is 8.73. The fraction of sp³-hybridized carbons (Fsp3) is 0.333. The number of ether oxygens (including phenoxy) is 2. The Hall–Kier alpha value is -3.19. The SMILES string of the molecule is C[Si](C)(C)CCOCn1cc(C(F)(F)F)c2c(Oc3c(F)cc(NC(N)=O)cc3F)ccnc21. The highest BCUT2D eigenvalue weighted by Gasteiger charge is 2.37. The number of urea groups is 1. The molecule has 3 rings (SSSR count). The molecule has 0 aliphatic rings. The zero-order chi connectivity index (χ0) is 25.3. The molecule has 0 saturated heterocycles. The number of fused-ring (bicyclic) bond motifs is 1. The molecule has 34 heavy (non-hydrogen) atoms. The van der Waals surface area contributed by atoms with E-state index >= 15 is 0 Å². The highest BCUT2D eigenvalue weighted by molar-refractivity contribution is 6.76. The van der Waals surface area contributed by atoms with Crippen molar-refractivity contribution in [3.05, 3.63) is 47.8 Å². The van der Waals surface area contributed by atoms with Crippen LogP contribution in [0.2, 0.25) is 25.7 Å². The number of benzene rings is 1. The monoisotopic (exact) mass is 502 g/mol. The van der Waals surface area contributed by atoms with Gasteiger partial charge in [-0.25, -0.2) is 18.6 Å². The molecule has 184 valence electrons. The first kappa shape index (κ1) is 25.4. The number of nitrogens with two attached hydrogens (primary N) is 1. The van der Waals surface area contributed by atoms with Crippen LogP contribution in [0.4, 0.5) is 32.4 Å². The predicted molar refractivity (Wildman–Crippen MR) is 118 cm³/mol.